The van der Waals surface area contributed by atoms with Crippen molar-refractivity contribution in [3.8, 4) is 0 Å². The summed E-state index contributed by atoms with van der Waals surface area (Å²) < 4.78 is 26.3. The van der Waals surface area contributed by atoms with E-state index in [-0.39, 0.29) is 51.8 Å². The molecule has 0 unspecified atom stereocenters. The second kappa shape index (κ2) is 76.3. The fourth-order valence-corrected chi connectivity index (χ4v) is 12.0. The summed E-state index contributed by atoms with van der Waals surface area (Å²) in [5, 5.41) is 39.7. The number of thiocarbonyl (C=S) groups is 11. The number of aliphatic imine (C=N–C) groups is 11. The van der Waals surface area contributed by atoms with E-state index in [9.17, 15) is 51.6 Å². The normalized spacial score (nSPS) is 9.03. The number of nitrogens with two attached hydrogens (primary N) is 2. The van der Waals surface area contributed by atoms with Gasteiger partial charge in [-0.2, -0.15) is 25.0 Å². The van der Waals surface area contributed by atoms with Crippen molar-refractivity contribution in [3.05, 3.63) is 337 Å². The number of rotatable bonds is 28. The van der Waals surface area contributed by atoms with Crippen molar-refractivity contribution in [3.63, 3.8) is 0 Å². The lowest BCUT2D eigenvalue weighted by atomic mass is 10.1. The van der Waals surface area contributed by atoms with Gasteiger partial charge >= 0.3 is 5.97 Å². The van der Waals surface area contributed by atoms with Crippen LogP contribution in [0.25, 0.3) is 0 Å². The van der Waals surface area contributed by atoms with Crippen molar-refractivity contribution < 1.29 is 56.3 Å². The van der Waals surface area contributed by atoms with E-state index in [2.05, 4.69) is 267 Å². The molecule has 11 aromatic rings. The summed E-state index contributed by atoms with van der Waals surface area (Å²) >= 11 is 50.5. The molecule has 0 spiro atoms. The smallest absolute Gasteiger partial charge is 0.337 e. The number of benzene rings is 10. The van der Waals surface area contributed by atoms with Gasteiger partial charge in [0.15, 0.2) is 17.3 Å². The first-order valence-electron chi connectivity index (χ1n) is 40.6. The zero-order valence-electron chi connectivity index (χ0n) is 77.5. The first-order valence-corrected chi connectivity index (χ1v) is 47.6. The molecule has 0 aliphatic rings. The van der Waals surface area contributed by atoms with Crippen LogP contribution >= 0.6 is 146 Å². The number of thiophene rings is 1. The number of sulfonamides is 1. The van der Waals surface area contributed by atoms with Crippen molar-refractivity contribution in [2.24, 2.45) is 65.8 Å². The Hall–Kier alpha value is -14.6. The Morgan fingerprint density at radius 1 is 0.373 bits per heavy atom. The zero-order chi connectivity index (χ0) is 106. The molecule has 726 valence electrons. The third-order valence-electron chi connectivity index (χ3n) is 16.9. The number of anilines is 1. The van der Waals surface area contributed by atoms with Gasteiger partial charge in [0.25, 0.3) is 17.7 Å². The molecule has 1 aromatic heterocycles. The number of ether oxygens (including phenoxy) is 1. The molecule has 7 N–H and O–H groups in total. The number of nitrogens with one attached hydrogen (secondary N) is 3. The van der Waals surface area contributed by atoms with Crippen molar-refractivity contribution in [2.45, 2.75) is 78.3 Å². The molecule has 29 nitrogen and oxygen atoms in total. The predicted molar refractivity (Wildman–Crippen MR) is 600 cm³/mol. The molecular formula is C100H91N17O12S13. The Morgan fingerprint density at radius 2 is 0.690 bits per heavy atom. The quantitative estimate of drug-likeness (QED) is 0.0132. The first-order chi connectivity index (χ1) is 68.1. The summed E-state index contributed by atoms with van der Waals surface area (Å²) in [7, 11) is 4.37. The number of ketones is 3. The van der Waals surface area contributed by atoms with Crippen LogP contribution in [0.4, 0.5) is 34.1 Å². The molecule has 0 saturated carbocycles. The molecule has 42 heteroatoms. The Balaban J connectivity index is 0.000000782. The first kappa shape index (κ1) is 125. The third-order valence-corrected chi connectivity index (χ3v) is 19.9. The highest BCUT2D eigenvalue weighted by Gasteiger charge is 2.11. The second-order valence-corrected chi connectivity index (χ2v) is 31.6. The predicted octanol–water partition coefficient (Wildman–Crippen LogP) is 22.8. The van der Waals surface area contributed by atoms with Gasteiger partial charge in [0, 0.05) is 91.0 Å². The van der Waals surface area contributed by atoms with Crippen LogP contribution in [0.15, 0.2) is 320 Å². The van der Waals surface area contributed by atoms with Gasteiger partial charge in [-0.15, -0.1) is 11.3 Å². The molecule has 0 aliphatic heterocycles. The number of Topliss-reactive ketones (excluding diaryl/α,β-unsaturated/α-hetero) is 3. The van der Waals surface area contributed by atoms with Crippen LogP contribution < -0.4 is 26.8 Å². The minimum absolute atomic E-state index is 0.0251. The lowest BCUT2D eigenvalue weighted by Gasteiger charge is -2.09. The standard InChI is InChI=1S/2C10H10N2OS.C10H9NO2S.3C10H9NOS.2C9H8N2OS.C8H8N2O2S2.C8H6N2OS.C6H5NS2/c1-12(2)10(13)8-3-5-9(6-4-8)11-7-14;1-11-10(13)9-4-2-8(3-5-9)6-12-7-14;1-13-10(12)9-4-2-8(3-5-9)6-11-7-14;1-8(12)10-4-2-9(3-5-10)6-11-7-13;1-8(12)10-4-2-3-9(5-10)6-11-7-13;1-2-10(12)8-3-5-9(6-4-8)11-7-13;1-10-9(12)7-2-4-8(5-3-7)11-6-13;1-7(12)11-9-4-2-8(3-5-9)10-6-13;9-14(11,12)8-3-1-7(2-4-8)5-10-6-13;9-8(11)6-1-3-7(4-2-6)10-5-12;8-5-7-4-6-2-1-3-9-6/h3-6H,1-2H3;2-5H,6H2,1H3,(H,11,13);2-5H,6H2,1H3;2*2-5H,6H2,1H3;3-6H,2H2,1H3;2-5H,1H3,(H,10,12);2-5H,1H3,(H,11,12);1-4H,5H2,(H2,9,11,12);1-4H,(H2,9,11);1-3H,4H2. The summed E-state index contributed by atoms with van der Waals surface area (Å²) in [6, 6.07) is 73.2. The fourth-order valence-electron chi connectivity index (χ4n) is 9.90. The number of carbonyl (C=O) groups excluding carboxylic acids is 9. The Bertz CT molecular complexity index is 6470. The molecule has 0 aliphatic carbocycles. The minimum Gasteiger partial charge on any atom is -0.465 e. The number of carbonyl (C=O) groups is 9. The minimum atomic E-state index is -3.61. The van der Waals surface area contributed by atoms with E-state index in [4.69, 9.17) is 10.9 Å². The van der Waals surface area contributed by atoms with E-state index in [0.29, 0.717) is 102 Å². The molecule has 10 aromatic carbocycles. The van der Waals surface area contributed by atoms with Crippen LogP contribution in [0, 0.1) is 0 Å². The van der Waals surface area contributed by atoms with Crippen molar-refractivity contribution in [1.82, 2.24) is 15.5 Å². The fraction of sp³-hybridized carbons (Fsp3) is 0.160. The molecule has 11 rings (SSSR count). The van der Waals surface area contributed by atoms with E-state index < -0.39 is 15.9 Å². The number of isothiocyanates is 11. The summed E-state index contributed by atoms with van der Waals surface area (Å²) in [5.74, 6) is -0.833. The lowest BCUT2D eigenvalue weighted by Crippen LogP contribution is -2.21. The van der Waals surface area contributed by atoms with E-state index >= 15 is 0 Å². The van der Waals surface area contributed by atoms with Gasteiger partial charge in [-0.05, 0) is 351 Å². The average Bonchev–Trinajstić information content (AvgIpc) is 0.871. The van der Waals surface area contributed by atoms with Gasteiger partial charge in [-0.3, -0.25) is 38.4 Å². The summed E-state index contributed by atoms with van der Waals surface area (Å²) in [6.45, 7) is 9.49. The average molecular weight is 2140 g/mol. The van der Waals surface area contributed by atoms with Crippen LogP contribution in [0.1, 0.15) is 150 Å². The second-order valence-electron chi connectivity index (χ2n) is 27.0. The molecule has 1 heterocycles. The topological polar surface area (TPSA) is 424 Å². The molecule has 0 radical (unpaired) electrons. The monoisotopic (exact) mass is 2140 g/mol. The van der Waals surface area contributed by atoms with Crippen LogP contribution in [-0.2, 0) is 58.8 Å². The maximum atomic E-state index is 11.5. The number of primary sulfonamides is 1. The Kier molecular flexibility index (Phi) is 67.4. The molecule has 142 heavy (non-hydrogen) atoms. The Labute approximate surface area is 885 Å². The summed E-state index contributed by atoms with van der Waals surface area (Å²) in [4.78, 5) is 144. The Morgan fingerprint density at radius 3 is 0.993 bits per heavy atom. The van der Waals surface area contributed by atoms with Gasteiger partial charge in [0.2, 0.25) is 21.8 Å². The van der Waals surface area contributed by atoms with E-state index in [1.807, 2.05) is 79.0 Å². The van der Waals surface area contributed by atoms with E-state index in [1.165, 1.54) is 35.9 Å². The highest BCUT2D eigenvalue weighted by Crippen LogP contribution is 2.20. The van der Waals surface area contributed by atoms with Gasteiger partial charge in [-0.1, -0.05) is 91.9 Å². The highest BCUT2D eigenvalue weighted by molar-refractivity contribution is 7.89. The molecule has 0 fully saturated rings. The molecule has 5 amide bonds. The summed E-state index contributed by atoms with van der Waals surface area (Å²) in [5.41, 5.74) is 19.2. The van der Waals surface area contributed by atoms with Crippen molar-refractivity contribution >= 4 is 300 Å². The largest absolute Gasteiger partial charge is 0.465 e. The number of esters is 1. The van der Waals surface area contributed by atoms with Gasteiger partial charge in [-0.25, -0.2) is 48.3 Å². The zero-order valence-corrected chi connectivity index (χ0v) is 88.1. The number of hydrogen-bond acceptors (Lipinski definition) is 35. The van der Waals surface area contributed by atoms with E-state index in [1.54, 1.807) is 229 Å². The number of methoxy groups -OCH3 is 1. The van der Waals surface area contributed by atoms with Gasteiger partial charge < -0.3 is 31.3 Å². The van der Waals surface area contributed by atoms with Crippen molar-refractivity contribution in [1.29, 1.82) is 0 Å². The van der Waals surface area contributed by atoms with Crippen LogP contribution in [0.3, 0.4) is 0 Å². The van der Waals surface area contributed by atoms with Crippen LogP contribution in [0.5, 0.6) is 0 Å². The van der Waals surface area contributed by atoms with Gasteiger partial charge in [0.1, 0.15) is 0 Å². The van der Waals surface area contributed by atoms with Crippen molar-refractivity contribution in [2.75, 3.05) is 40.6 Å². The lowest BCUT2D eigenvalue weighted by molar-refractivity contribution is -0.114. The number of nitrogens with zero attached hydrogens (tertiary/aromatic N) is 12. The maximum Gasteiger partial charge on any atom is 0.337 e. The molecular weight excluding hydrogens is 2050 g/mol. The molecule has 0 atom stereocenters. The molecule has 0 bridgehead atoms. The number of amides is 5. The van der Waals surface area contributed by atoms with Crippen LogP contribution in [0.2, 0.25) is 0 Å². The van der Waals surface area contributed by atoms with Crippen LogP contribution in [-0.4, -0.2) is 158 Å². The maximum absolute atomic E-state index is 11.5. The molecule has 0 saturated heterocycles. The SMILES string of the molecule is CC(=O)Nc1ccc(N=C=S)cc1.CC(=O)c1ccc(CN=C=S)cc1.CC(=O)c1cccc(CN=C=S)c1.CCC(=O)c1ccc(N=C=S)cc1.CN(C)C(=O)c1ccc(N=C=S)cc1.CNC(=O)c1ccc(CN=C=S)cc1.CNC(=O)c1ccc(N=C=S)cc1.COC(=O)c1ccc(CN=C=S)cc1.NC(=O)c1ccc(N=C=S)cc1.NS(=O)(=O)c1ccc(CN=C=S)cc1.S=C=NCc1cccs1. The number of hydrogen-bond donors (Lipinski definition) is 5. The third kappa shape index (κ3) is 56.5. The highest BCUT2D eigenvalue weighted by atomic mass is 32.2. The number of primary amides is 1. The summed E-state index contributed by atoms with van der Waals surface area (Å²) in [6.07, 6.45) is 0.524. The van der Waals surface area contributed by atoms with Gasteiger partial charge in [0.05, 0.1) is 142 Å². The van der Waals surface area contributed by atoms with E-state index in [0.717, 1.165) is 50.4 Å².